The molecule has 0 aliphatic carbocycles. The fourth-order valence-corrected chi connectivity index (χ4v) is 2.90. The first-order chi connectivity index (χ1) is 17.7. The molecule has 0 aromatic heterocycles. The van der Waals surface area contributed by atoms with Crippen molar-refractivity contribution < 1.29 is 23.9 Å². The number of primary amides is 1. The van der Waals surface area contributed by atoms with Crippen molar-refractivity contribution in [3.8, 4) is 0 Å². The summed E-state index contributed by atoms with van der Waals surface area (Å²) in [6, 6.07) is -0.369. The zero-order valence-corrected chi connectivity index (χ0v) is 22.5. The number of aliphatic imine (C=N–C) groups is 1. The molecule has 0 spiro atoms. The fourth-order valence-electron chi connectivity index (χ4n) is 2.90. The third-order valence-electron chi connectivity index (χ3n) is 4.90. The third kappa shape index (κ3) is 27.6. The molecule has 0 aliphatic heterocycles. The van der Waals surface area contributed by atoms with Crippen molar-refractivity contribution in [2.24, 2.45) is 39.4 Å². The number of nitrogens with one attached hydrogen (secondary N) is 1. The van der Waals surface area contributed by atoms with E-state index in [2.05, 4.69) is 22.0 Å². The summed E-state index contributed by atoms with van der Waals surface area (Å²) in [5.74, 6) is -0.386. The van der Waals surface area contributed by atoms with E-state index >= 15 is 0 Å². The van der Waals surface area contributed by atoms with Crippen LogP contribution in [0.15, 0.2) is 4.99 Å². The molecule has 0 saturated heterocycles. The predicted octanol–water partition coefficient (Wildman–Crippen LogP) is -0.328. The van der Waals surface area contributed by atoms with Crippen molar-refractivity contribution in [3.05, 3.63) is 0 Å². The number of rotatable bonds is 20. The molecule has 1 atom stereocenters. The maximum absolute atomic E-state index is 12.5. The van der Waals surface area contributed by atoms with Crippen molar-refractivity contribution >= 4 is 24.1 Å². The van der Waals surface area contributed by atoms with Gasteiger partial charge in [0.2, 0.25) is 5.91 Å². The van der Waals surface area contributed by atoms with Crippen LogP contribution in [0, 0.1) is 0 Å². The van der Waals surface area contributed by atoms with Crippen molar-refractivity contribution in [2.75, 3.05) is 52.5 Å². The number of hydrogen-bond donors (Lipinski definition) is 7. The summed E-state index contributed by atoms with van der Waals surface area (Å²) in [5, 5.41) is 2.56. The van der Waals surface area contributed by atoms with Gasteiger partial charge >= 0.3 is 12.2 Å². The maximum atomic E-state index is 12.5. The van der Waals surface area contributed by atoms with Gasteiger partial charge in [-0.1, -0.05) is 32.6 Å². The van der Waals surface area contributed by atoms with Crippen LogP contribution in [0.25, 0.3) is 0 Å². The smallest absolute Gasteiger partial charge is 0.410 e. The van der Waals surface area contributed by atoms with Crippen LogP contribution in [-0.2, 0) is 14.3 Å². The Kier molecular flexibility index (Phi) is 25.7. The molecule has 14 nitrogen and oxygen atoms in total. The van der Waals surface area contributed by atoms with Crippen LogP contribution in [0.3, 0.4) is 0 Å². The second kappa shape index (κ2) is 26.2. The van der Waals surface area contributed by atoms with E-state index in [0.29, 0.717) is 32.5 Å². The highest BCUT2D eigenvalue weighted by Gasteiger charge is 2.19. The van der Waals surface area contributed by atoms with Crippen LogP contribution < -0.4 is 39.7 Å². The van der Waals surface area contributed by atoms with E-state index in [1.165, 1.54) is 17.7 Å². The van der Waals surface area contributed by atoms with E-state index in [1.54, 1.807) is 0 Å². The lowest BCUT2D eigenvalue weighted by atomic mass is 10.1. The Morgan fingerprint density at radius 3 is 2.14 bits per heavy atom. The molecule has 14 heteroatoms. The molecule has 0 bridgehead atoms. The Balaban J connectivity index is 0. The zero-order chi connectivity index (χ0) is 28.3. The lowest BCUT2D eigenvalue weighted by molar-refractivity contribution is -0.122. The Bertz CT molecular complexity index is 617. The van der Waals surface area contributed by atoms with Crippen molar-refractivity contribution in [3.63, 3.8) is 0 Å². The molecular weight excluding hydrogens is 482 g/mol. The minimum Gasteiger partial charge on any atom is -0.448 e. The highest BCUT2D eigenvalue weighted by molar-refractivity contribution is 5.82. The number of carbonyl (C=O) groups excluding carboxylic acids is 3. The molecule has 13 N–H and O–H groups in total. The van der Waals surface area contributed by atoms with Crippen LogP contribution in [0.2, 0.25) is 0 Å². The molecule has 1 unspecified atom stereocenters. The van der Waals surface area contributed by atoms with Crippen molar-refractivity contribution in [1.82, 2.24) is 10.2 Å². The summed E-state index contributed by atoms with van der Waals surface area (Å²) in [4.78, 5) is 40.4. The molecule has 0 fully saturated rings. The van der Waals surface area contributed by atoms with E-state index in [4.69, 9.17) is 39.1 Å². The average Bonchev–Trinajstić information content (AvgIpc) is 2.85. The van der Waals surface area contributed by atoms with Gasteiger partial charge in [0.05, 0.1) is 6.54 Å². The van der Waals surface area contributed by atoms with Crippen molar-refractivity contribution in [2.45, 2.75) is 70.8 Å². The monoisotopic (exact) mass is 533 g/mol. The van der Waals surface area contributed by atoms with Gasteiger partial charge in [0.1, 0.15) is 19.8 Å². The van der Waals surface area contributed by atoms with E-state index < -0.39 is 18.1 Å². The van der Waals surface area contributed by atoms with Crippen LogP contribution in [0.4, 0.5) is 9.59 Å². The average molecular weight is 534 g/mol. The SMILES string of the molecule is CCCCN.NCCCCCCCN(CC(=O)NCCOC(N)=O)C(=O)OCC(N)CCCN=C(N)N. The Morgan fingerprint density at radius 2 is 1.57 bits per heavy atom. The van der Waals surface area contributed by atoms with Gasteiger partial charge < -0.3 is 49.2 Å². The minimum atomic E-state index is -0.922. The lowest BCUT2D eigenvalue weighted by Gasteiger charge is -2.23. The van der Waals surface area contributed by atoms with Crippen LogP contribution >= 0.6 is 0 Å². The number of nitrogens with two attached hydrogens (primary N) is 6. The Morgan fingerprint density at radius 1 is 0.919 bits per heavy atom. The largest absolute Gasteiger partial charge is 0.448 e. The van der Waals surface area contributed by atoms with E-state index in [9.17, 15) is 14.4 Å². The van der Waals surface area contributed by atoms with E-state index in [1.807, 2.05) is 0 Å². The summed E-state index contributed by atoms with van der Waals surface area (Å²) >= 11 is 0. The van der Waals surface area contributed by atoms with Crippen LogP contribution in [0.1, 0.15) is 64.7 Å². The van der Waals surface area contributed by atoms with Gasteiger partial charge in [0.25, 0.3) is 0 Å². The minimum absolute atomic E-state index is 0.0156. The van der Waals surface area contributed by atoms with Gasteiger partial charge in [0, 0.05) is 19.1 Å². The summed E-state index contributed by atoms with van der Waals surface area (Å²) in [6.45, 7) is 4.31. The summed E-state index contributed by atoms with van der Waals surface area (Å²) < 4.78 is 9.84. The van der Waals surface area contributed by atoms with Gasteiger partial charge in [0.15, 0.2) is 5.96 Å². The predicted molar refractivity (Wildman–Crippen MR) is 145 cm³/mol. The first-order valence-corrected chi connectivity index (χ1v) is 13.0. The van der Waals surface area contributed by atoms with E-state index in [-0.39, 0.29) is 38.3 Å². The third-order valence-corrected chi connectivity index (χ3v) is 4.90. The molecule has 0 heterocycles. The Hall–Kier alpha value is -2.84. The number of hydrogen-bond acceptors (Lipinski definition) is 9. The first kappa shape index (κ1) is 36.3. The number of ether oxygens (including phenoxy) is 2. The fraction of sp³-hybridized carbons (Fsp3) is 0.826. The molecule has 37 heavy (non-hydrogen) atoms. The molecule has 0 rings (SSSR count). The van der Waals surface area contributed by atoms with Crippen LogP contribution in [0.5, 0.6) is 0 Å². The van der Waals surface area contributed by atoms with Crippen molar-refractivity contribution in [1.29, 1.82) is 0 Å². The van der Waals surface area contributed by atoms with E-state index in [0.717, 1.165) is 38.6 Å². The quantitative estimate of drug-likeness (QED) is 0.0609. The second-order valence-corrected chi connectivity index (χ2v) is 8.42. The summed E-state index contributed by atoms with van der Waals surface area (Å²) in [7, 11) is 0. The molecule has 0 saturated carbocycles. The lowest BCUT2D eigenvalue weighted by Crippen LogP contribution is -2.43. The molecule has 0 radical (unpaired) electrons. The molecule has 0 aromatic rings. The van der Waals surface area contributed by atoms with Gasteiger partial charge in [-0.05, 0) is 45.2 Å². The molecule has 0 aromatic carbocycles. The number of guanidine groups is 1. The topological polar surface area (TPSA) is 253 Å². The standard InChI is InChI=1S/C19H40N8O5.C4H11N/c20-8-4-2-1-3-5-11-27(13-16(28)25-10-12-31-18(24)29)19(30)32-14-15(21)7-6-9-26-17(22)23;1-2-3-4-5/h15H,1-14,20-21H2,(H2,24,29)(H,25,28)(H4,22,23,26);2-5H2,1H3. The number of amides is 3. The summed E-state index contributed by atoms with van der Waals surface area (Å²) in [5.41, 5.74) is 32.0. The molecule has 3 amide bonds. The summed E-state index contributed by atoms with van der Waals surface area (Å²) in [6.07, 6.45) is 6.69. The second-order valence-electron chi connectivity index (χ2n) is 8.42. The highest BCUT2D eigenvalue weighted by Crippen LogP contribution is 2.06. The highest BCUT2D eigenvalue weighted by atomic mass is 16.6. The molecule has 0 aliphatic rings. The maximum Gasteiger partial charge on any atom is 0.410 e. The van der Waals surface area contributed by atoms with Gasteiger partial charge in [-0.15, -0.1) is 0 Å². The van der Waals surface area contributed by atoms with Crippen LogP contribution in [-0.4, -0.2) is 87.5 Å². The van der Waals surface area contributed by atoms with Gasteiger partial charge in [-0.2, -0.15) is 0 Å². The van der Waals surface area contributed by atoms with Gasteiger partial charge in [-0.25, -0.2) is 9.59 Å². The Labute approximate surface area is 221 Å². The number of unbranched alkanes of at least 4 members (excludes halogenated alkanes) is 5. The zero-order valence-electron chi connectivity index (χ0n) is 22.5. The van der Waals surface area contributed by atoms with Gasteiger partial charge in [-0.3, -0.25) is 14.7 Å². The number of nitrogens with zero attached hydrogens (tertiary/aromatic N) is 2. The number of carbonyl (C=O) groups is 3. The normalized spacial score (nSPS) is 10.9. The molecular formula is C23H51N9O5. The first-order valence-electron chi connectivity index (χ1n) is 13.0. The molecule has 218 valence electrons.